The predicted octanol–water partition coefficient (Wildman–Crippen LogP) is 2.22. The molecule has 0 aliphatic rings. The van der Waals surface area contributed by atoms with Crippen molar-refractivity contribution in [2.45, 2.75) is 6.42 Å². The van der Waals surface area contributed by atoms with E-state index >= 15 is 0 Å². The SMILES string of the molecule is O=Cc1ccccc1-c1ccc(OCCCN(CCO)CCO)cc1. The Bertz CT molecular complexity index is 636. The van der Waals surface area contributed by atoms with Crippen LogP contribution in [0.4, 0.5) is 0 Å². The molecular formula is C20H25NO4. The summed E-state index contributed by atoms with van der Waals surface area (Å²) in [5.41, 5.74) is 2.56. The molecule has 0 aliphatic heterocycles. The lowest BCUT2D eigenvalue weighted by molar-refractivity contribution is 0.112. The minimum atomic E-state index is 0.0879. The average molecular weight is 343 g/mol. The van der Waals surface area contributed by atoms with Crippen LogP contribution in [-0.2, 0) is 0 Å². The van der Waals surface area contributed by atoms with E-state index in [1.165, 1.54) is 0 Å². The monoisotopic (exact) mass is 343 g/mol. The van der Waals surface area contributed by atoms with Crippen LogP contribution in [0.5, 0.6) is 5.75 Å². The van der Waals surface area contributed by atoms with Gasteiger partial charge >= 0.3 is 0 Å². The summed E-state index contributed by atoms with van der Waals surface area (Å²) in [5, 5.41) is 18.0. The summed E-state index contributed by atoms with van der Waals surface area (Å²) in [6.07, 6.45) is 1.68. The van der Waals surface area contributed by atoms with Crippen molar-refractivity contribution >= 4 is 6.29 Å². The van der Waals surface area contributed by atoms with Gasteiger partial charge in [0.05, 0.1) is 19.8 Å². The fourth-order valence-corrected chi connectivity index (χ4v) is 2.69. The highest BCUT2D eigenvalue weighted by Gasteiger charge is 2.05. The molecule has 0 heterocycles. The second-order valence-electron chi connectivity index (χ2n) is 5.72. The number of carbonyl (C=O) groups excluding carboxylic acids is 1. The number of carbonyl (C=O) groups is 1. The van der Waals surface area contributed by atoms with Crippen LogP contribution in [-0.4, -0.2) is 60.9 Å². The van der Waals surface area contributed by atoms with Gasteiger partial charge in [0, 0.05) is 25.2 Å². The maximum atomic E-state index is 11.1. The number of hydrogen-bond donors (Lipinski definition) is 2. The van der Waals surface area contributed by atoms with Gasteiger partial charge in [0.1, 0.15) is 5.75 Å². The van der Waals surface area contributed by atoms with Crippen molar-refractivity contribution in [1.29, 1.82) is 0 Å². The summed E-state index contributed by atoms with van der Waals surface area (Å²) in [6.45, 7) is 2.63. The first-order valence-electron chi connectivity index (χ1n) is 8.50. The summed E-state index contributed by atoms with van der Waals surface area (Å²) in [5.74, 6) is 0.781. The molecule has 0 amide bonds. The Balaban J connectivity index is 1.85. The second-order valence-corrected chi connectivity index (χ2v) is 5.72. The molecule has 134 valence electrons. The first-order chi connectivity index (χ1) is 12.3. The summed E-state index contributed by atoms with van der Waals surface area (Å²) in [6, 6.07) is 15.2. The fraction of sp³-hybridized carbons (Fsp3) is 0.350. The van der Waals surface area contributed by atoms with Gasteiger partial charge in [0.25, 0.3) is 0 Å². The third-order valence-corrected chi connectivity index (χ3v) is 3.97. The summed E-state index contributed by atoms with van der Waals surface area (Å²) >= 11 is 0. The third kappa shape index (κ3) is 5.98. The number of aliphatic hydroxyl groups is 2. The molecule has 2 rings (SSSR count). The highest BCUT2D eigenvalue weighted by Crippen LogP contribution is 2.24. The van der Waals surface area contributed by atoms with Crippen LogP contribution in [0.15, 0.2) is 48.5 Å². The molecule has 0 atom stereocenters. The first-order valence-corrected chi connectivity index (χ1v) is 8.50. The summed E-state index contributed by atoms with van der Waals surface area (Å²) < 4.78 is 5.74. The molecule has 5 nitrogen and oxygen atoms in total. The molecule has 2 N–H and O–H groups in total. The summed E-state index contributed by atoms with van der Waals surface area (Å²) in [7, 11) is 0. The lowest BCUT2D eigenvalue weighted by atomic mass is 10.0. The zero-order valence-electron chi connectivity index (χ0n) is 14.3. The van der Waals surface area contributed by atoms with Crippen LogP contribution in [0.2, 0.25) is 0 Å². The maximum absolute atomic E-state index is 11.1. The molecule has 25 heavy (non-hydrogen) atoms. The van der Waals surface area contributed by atoms with Crippen LogP contribution < -0.4 is 4.74 Å². The van der Waals surface area contributed by atoms with Crippen molar-refractivity contribution in [3.8, 4) is 16.9 Å². The molecule has 0 bridgehead atoms. The number of ether oxygens (including phenoxy) is 1. The smallest absolute Gasteiger partial charge is 0.150 e. The molecule has 0 fully saturated rings. The van der Waals surface area contributed by atoms with Gasteiger partial charge in [0.15, 0.2) is 6.29 Å². The van der Waals surface area contributed by atoms with Gasteiger partial charge in [-0.1, -0.05) is 36.4 Å². The number of benzene rings is 2. The largest absolute Gasteiger partial charge is 0.494 e. The Morgan fingerprint density at radius 1 is 0.920 bits per heavy atom. The van der Waals surface area contributed by atoms with Gasteiger partial charge < -0.3 is 14.9 Å². The van der Waals surface area contributed by atoms with E-state index in [0.29, 0.717) is 25.3 Å². The molecule has 0 saturated heterocycles. The van der Waals surface area contributed by atoms with Gasteiger partial charge in [-0.25, -0.2) is 0 Å². The Morgan fingerprint density at radius 3 is 2.24 bits per heavy atom. The molecule has 0 spiro atoms. The van der Waals surface area contributed by atoms with E-state index < -0.39 is 0 Å². The van der Waals surface area contributed by atoms with Crippen molar-refractivity contribution in [1.82, 2.24) is 4.90 Å². The lowest BCUT2D eigenvalue weighted by Crippen LogP contribution is -2.31. The Hall–Kier alpha value is -2.21. The van der Waals surface area contributed by atoms with Crippen LogP contribution in [0.3, 0.4) is 0 Å². The molecule has 0 saturated carbocycles. The molecule has 0 aliphatic carbocycles. The van der Waals surface area contributed by atoms with Crippen molar-refractivity contribution in [3.63, 3.8) is 0 Å². The molecule has 2 aromatic rings. The van der Waals surface area contributed by atoms with E-state index in [2.05, 4.69) is 0 Å². The zero-order chi connectivity index (χ0) is 17.9. The molecule has 0 unspecified atom stereocenters. The molecule has 0 radical (unpaired) electrons. The van der Waals surface area contributed by atoms with Gasteiger partial charge in [-0.3, -0.25) is 9.69 Å². The Labute approximate surface area is 148 Å². The predicted molar refractivity (Wildman–Crippen MR) is 98.0 cm³/mol. The topological polar surface area (TPSA) is 70.0 Å². The molecule has 2 aromatic carbocycles. The number of nitrogens with zero attached hydrogens (tertiary/aromatic N) is 1. The van der Waals surface area contributed by atoms with Gasteiger partial charge in [-0.2, -0.15) is 0 Å². The van der Waals surface area contributed by atoms with Crippen LogP contribution in [0, 0.1) is 0 Å². The van der Waals surface area contributed by atoms with Crippen molar-refractivity contribution in [2.24, 2.45) is 0 Å². The van der Waals surface area contributed by atoms with Crippen molar-refractivity contribution < 1.29 is 19.7 Å². The van der Waals surface area contributed by atoms with E-state index in [1.807, 2.05) is 47.4 Å². The van der Waals surface area contributed by atoms with E-state index in [1.54, 1.807) is 6.07 Å². The average Bonchev–Trinajstić information content (AvgIpc) is 2.66. The van der Waals surface area contributed by atoms with Crippen molar-refractivity contribution in [2.75, 3.05) is 39.5 Å². The van der Waals surface area contributed by atoms with Gasteiger partial charge in [0.2, 0.25) is 0 Å². The Kier molecular flexibility index (Phi) is 8.12. The zero-order valence-corrected chi connectivity index (χ0v) is 14.3. The fourth-order valence-electron chi connectivity index (χ4n) is 2.69. The Morgan fingerprint density at radius 2 is 1.60 bits per heavy atom. The molecule has 0 aromatic heterocycles. The van der Waals surface area contributed by atoms with Gasteiger partial charge in [-0.05, 0) is 29.7 Å². The highest BCUT2D eigenvalue weighted by molar-refractivity contribution is 5.87. The van der Waals surface area contributed by atoms with Crippen LogP contribution in [0.25, 0.3) is 11.1 Å². The number of aldehydes is 1. The van der Waals surface area contributed by atoms with E-state index in [-0.39, 0.29) is 13.2 Å². The van der Waals surface area contributed by atoms with E-state index in [4.69, 9.17) is 14.9 Å². The minimum Gasteiger partial charge on any atom is -0.494 e. The number of rotatable bonds is 11. The second kappa shape index (κ2) is 10.6. The summed E-state index contributed by atoms with van der Waals surface area (Å²) in [4.78, 5) is 13.1. The number of hydrogen-bond acceptors (Lipinski definition) is 5. The van der Waals surface area contributed by atoms with Crippen LogP contribution in [0.1, 0.15) is 16.8 Å². The van der Waals surface area contributed by atoms with Crippen molar-refractivity contribution in [3.05, 3.63) is 54.1 Å². The molecule has 5 heteroatoms. The first kappa shape index (κ1) is 19.1. The standard InChI is InChI=1S/C20H25NO4/c22-13-11-21(12-14-23)10-3-15-25-19-8-6-17(7-9-19)20-5-2-1-4-18(20)16-24/h1-2,4-9,16,22-23H,3,10-15H2. The van der Waals surface area contributed by atoms with Gasteiger partial charge in [-0.15, -0.1) is 0 Å². The highest BCUT2D eigenvalue weighted by atomic mass is 16.5. The quantitative estimate of drug-likeness (QED) is 0.484. The van der Waals surface area contributed by atoms with E-state index in [9.17, 15) is 4.79 Å². The van der Waals surface area contributed by atoms with E-state index in [0.717, 1.165) is 36.1 Å². The normalized spacial score (nSPS) is 10.8. The minimum absolute atomic E-state index is 0.0879. The lowest BCUT2D eigenvalue weighted by Gasteiger charge is -2.19. The van der Waals surface area contributed by atoms with Crippen LogP contribution >= 0.6 is 0 Å². The maximum Gasteiger partial charge on any atom is 0.150 e. The number of aliphatic hydroxyl groups excluding tert-OH is 2. The third-order valence-electron chi connectivity index (χ3n) is 3.97. The molecular weight excluding hydrogens is 318 g/mol.